The lowest BCUT2D eigenvalue weighted by molar-refractivity contribution is -0.139. The van der Waals surface area contributed by atoms with Gasteiger partial charge in [0.25, 0.3) is 0 Å². The van der Waals surface area contributed by atoms with Crippen LogP contribution in [0.25, 0.3) is 0 Å². The number of carbonyl (C=O) groups excluding carboxylic acids is 1. The van der Waals surface area contributed by atoms with E-state index in [-0.39, 0.29) is 47.4 Å². The van der Waals surface area contributed by atoms with Gasteiger partial charge in [-0.2, -0.15) is 13.2 Å². The zero-order chi connectivity index (χ0) is 33.0. The molecule has 0 saturated heterocycles. The third-order valence-corrected chi connectivity index (χ3v) is 9.16. The molecule has 5 rings (SSSR count). The van der Waals surface area contributed by atoms with Gasteiger partial charge in [-0.3, -0.25) is 9.78 Å². The summed E-state index contributed by atoms with van der Waals surface area (Å²) in [5.74, 6) is -1.94. The molecule has 2 aliphatic rings. The van der Waals surface area contributed by atoms with Crippen molar-refractivity contribution in [2.24, 2.45) is 11.8 Å². The molecule has 11 heteroatoms. The van der Waals surface area contributed by atoms with Crippen molar-refractivity contribution in [3.63, 3.8) is 0 Å². The van der Waals surface area contributed by atoms with Crippen LogP contribution in [-0.2, 0) is 22.1 Å². The van der Waals surface area contributed by atoms with Crippen LogP contribution in [0, 0.1) is 18.8 Å². The smallest absolute Gasteiger partial charge is 0.421 e. The summed E-state index contributed by atoms with van der Waals surface area (Å²) in [4.78, 5) is 36.7. The molecule has 0 radical (unpaired) electrons. The van der Waals surface area contributed by atoms with Gasteiger partial charge in [0, 0.05) is 43.1 Å². The van der Waals surface area contributed by atoms with Crippen LogP contribution in [0.2, 0.25) is 0 Å². The lowest BCUT2D eigenvalue weighted by Crippen LogP contribution is -2.47. The van der Waals surface area contributed by atoms with Gasteiger partial charge in [0.15, 0.2) is 0 Å². The molecule has 0 spiro atoms. The Labute approximate surface area is 267 Å². The zero-order valence-corrected chi connectivity index (χ0v) is 26.3. The summed E-state index contributed by atoms with van der Waals surface area (Å²) >= 11 is 0. The molecule has 2 heterocycles. The topological polar surface area (TPSA) is 102 Å². The first-order valence-corrected chi connectivity index (χ1v) is 15.8. The van der Waals surface area contributed by atoms with Crippen LogP contribution >= 0.6 is 0 Å². The molecule has 2 saturated carbocycles. The van der Waals surface area contributed by atoms with E-state index in [1.807, 2.05) is 0 Å². The van der Waals surface area contributed by atoms with Crippen molar-refractivity contribution in [3.8, 4) is 11.6 Å². The summed E-state index contributed by atoms with van der Waals surface area (Å²) in [6, 6.07) is 10.1. The Morgan fingerprint density at radius 2 is 1.72 bits per heavy atom. The number of ether oxygens (including phenoxy) is 2. The average molecular weight is 640 g/mol. The summed E-state index contributed by atoms with van der Waals surface area (Å²) < 4.78 is 53.7. The molecule has 0 atom stereocenters. The Bertz CT molecular complexity index is 1550. The number of halogens is 3. The van der Waals surface area contributed by atoms with Crippen molar-refractivity contribution in [2.45, 2.75) is 90.0 Å². The van der Waals surface area contributed by atoms with E-state index < -0.39 is 23.6 Å². The molecule has 46 heavy (non-hydrogen) atoms. The highest BCUT2D eigenvalue weighted by Crippen LogP contribution is 2.40. The number of nitrogens with zero attached hydrogens (tertiary/aromatic N) is 3. The summed E-state index contributed by atoms with van der Waals surface area (Å²) in [6.07, 6.45) is 2.81. The van der Waals surface area contributed by atoms with Crippen molar-refractivity contribution in [2.75, 3.05) is 12.0 Å². The number of carbonyl (C=O) groups is 2. The number of aryl methyl sites for hydroxylation is 1. The molecule has 0 unspecified atom stereocenters. The fourth-order valence-electron chi connectivity index (χ4n) is 6.59. The Morgan fingerprint density at radius 3 is 2.35 bits per heavy atom. The Kier molecular flexibility index (Phi) is 10.3. The molecule has 246 valence electrons. The molecule has 2 fully saturated rings. The number of amides is 1. The van der Waals surface area contributed by atoms with Gasteiger partial charge < -0.3 is 19.5 Å². The number of alkyl halides is 3. The van der Waals surface area contributed by atoms with Crippen molar-refractivity contribution < 1.29 is 37.3 Å². The summed E-state index contributed by atoms with van der Waals surface area (Å²) in [6.45, 7) is 3.97. The normalized spacial score (nSPS) is 21.9. The quantitative estimate of drug-likeness (QED) is 0.253. The second-order valence-corrected chi connectivity index (χ2v) is 12.6. The van der Waals surface area contributed by atoms with Crippen LogP contribution < -0.4 is 9.64 Å². The van der Waals surface area contributed by atoms with E-state index in [1.165, 1.54) is 24.4 Å². The van der Waals surface area contributed by atoms with Crippen LogP contribution in [0.1, 0.15) is 91.2 Å². The number of carboxylic acid groups (broad SMARTS) is 1. The van der Waals surface area contributed by atoms with E-state index in [0.717, 1.165) is 50.3 Å². The molecule has 2 aliphatic carbocycles. The van der Waals surface area contributed by atoms with E-state index in [1.54, 1.807) is 37.1 Å². The maximum absolute atomic E-state index is 14.2. The van der Waals surface area contributed by atoms with Gasteiger partial charge in [-0.15, -0.1) is 0 Å². The Hall–Kier alpha value is -3.99. The first-order valence-electron chi connectivity index (χ1n) is 15.8. The number of benzene rings is 1. The first kappa shape index (κ1) is 33.4. The highest BCUT2D eigenvalue weighted by Gasteiger charge is 2.38. The maximum atomic E-state index is 14.2. The van der Waals surface area contributed by atoms with Crippen molar-refractivity contribution in [1.29, 1.82) is 0 Å². The molecule has 8 nitrogen and oxygen atoms in total. The van der Waals surface area contributed by atoms with Gasteiger partial charge in [0.2, 0.25) is 11.8 Å². The van der Waals surface area contributed by atoms with Crippen LogP contribution in [0.15, 0.2) is 48.7 Å². The number of carboxylic acids is 1. The summed E-state index contributed by atoms with van der Waals surface area (Å²) in [7, 11) is 1.66. The van der Waals surface area contributed by atoms with Crippen molar-refractivity contribution in [1.82, 2.24) is 9.97 Å². The zero-order valence-electron chi connectivity index (χ0n) is 26.3. The number of hydrogen-bond acceptors (Lipinski definition) is 6. The van der Waals surface area contributed by atoms with Gasteiger partial charge >= 0.3 is 12.1 Å². The number of hydrogen-bond donors (Lipinski definition) is 1. The van der Waals surface area contributed by atoms with Gasteiger partial charge in [0.1, 0.15) is 11.3 Å². The molecule has 0 bridgehead atoms. The molecule has 0 aliphatic heterocycles. The van der Waals surface area contributed by atoms with Crippen LogP contribution in [0.4, 0.5) is 18.9 Å². The second kappa shape index (κ2) is 14.2. The first-order chi connectivity index (χ1) is 21.9. The highest BCUT2D eigenvalue weighted by atomic mass is 19.4. The van der Waals surface area contributed by atoms with E-state index >= 15 is 0 Å². The Morgan fingerprint density at radius 1 is 1.00 bits per heavy atom. The molecule has 1 N–H and O–H groups in total. The predicted octanol–water partition coefficient (Wildman–Crippen LogP) is 8.00. The maximum Gasteiger partial charge on any atom is 0.421 e. The highest BCUT2D eigenvalue weighted by molar-refractivity contribution is 6.03. The largest absolute Gasteiger partial charge is 0.478 e. The molecular formula is C35H40F3N3O5. The Balaban J connectivity index is 1.46. The van der Waals surface area contributed by atoms with E-state index in [9.17, 15) is 27.9 Å². The molecule has 1 amide bonds. The minimum absolute atomic E-state index is 0.0771. The number of pyridine rings is 2. The molecular weight excluding hydrogens is 599 g/mol. The van der Waals surface area contributed by atoms with E-state index in [4.69, 9.17) is 9.47 Å². The van der Waals surface area contributed by atoms with Crippen molar-refractivity contribution in [3.05, 3.63) is 76.7 Å². The van der Waals surface area contributed by atoms with Gasteiger partial charge in [-0.05, 0) is 106 Å². The van der Waals surface area contributed by atoms with E-state index in [2.05, 4.69) is 16.9 Å². The lowest BCUT2D eigenvalue weighted by atomic mass is 9.81. The molecule has 1 aromatic carbocycles. The predicted molar refractivity (Wildman–Crippen MR) is 166 cm³/mol. The monoisotopic (exact) mass is 639 g/mol. The van der Waals surface area contributed by atoms with Gasteiger partial charge in [-0.1, -0.05) is 13.0 Å². The van der Waals surface area contributed by atoms with E-state index in [0.29, 0.717) is 30.0 Å². The van der Waals surface area contributed by atoms with Crippen molar-refractivity contribution >= 4 is 17.6 Å². The minimum Gasteiger partial charge on any atom is -0.478 e. The van der Waals surface area contributed by atoms with Gasteiger partial charge in [0.05, 0.1) is 17.4 Å². The third kappa shape index (κ3) is 7.86. The second-order valence-electron chi connectivity index (χ2n) is 12.6. The van der Waals surface area contributed by atoms with Crippen LogP contribution in [0.5, 0.6) is 11.6 Å². The number of anilines is 1. The number of aromatic nitrogens is 2. The number of methoxy groups -OCH3 is 1. The summed E-state index contributed by atoms with van der Waals surface area (Å²) in [5.41, 5.74) is 0.554. The van der Waals surface area contributed by atoms with Gasteiger partial charge in [-0.25, -0.2) is 9.78 Å². The fraction of sp³-hybridized carbons (Fsp3) is 0.486. The summed E-state index contributed by atoms with van der Waals surface area (Å²) in [5, 5.41) is 10.3. The average Bonchev–Trinajstić information content (AvgIpc) is 3.02. The lowest BCUT2D eigenvalue weighted by Gasteiger charge is -2.40. The van der Waals surface area contributed by atoms with Crippen LogP contribution in [-0.4, -0.2) is 46.2 Å². The SMILES string of the molecule is COC1CCC(N(c2ccc(Oc3ncc(Cc4cccc(C)n4)cc3C(F)(F)F)cc2C(=O)O)C(=O)[C@H]2CC[C@H](C)CC2)CC1. The van der Waals surface area contributed by atoms with Crippen LogP contribution in [0.3, 0.4) is 0 Å². The number of rotatable bonds is 9. The standard InChI is InChI=1S/C35H40F3N3O5/c1-21-7-9-24(10-8-21)33(42)41(26-11-13-27(45-3)14-12-26)31-16-15-28(19-29(31)34(43)44)46-32-30(35(36,37)38)18-23(20-39-32)17-25-6-4-5-22(2)40-25/h4-6,15-16,18-21,24,26-27H,7-14,17H2,1-3H3,(H,43,44)/t21-,24-,26?,27?. The molecule has 3 aromatic rings. The third-order valence-electron chi connectivity index (χ3n) is 9.16. The number of aromatic carboxylic acids is 1. The minimum atomic E-state index is -4.78. The molecule has 2 aromatic heterocycles. The fourth-order valence-corrected chi connectivity index (χ4v) is 6.59.